The van der Waals surface area contributed by atoms with E-state index in [4.69, 9.17) is 5.11 Å². The monoisotopic (exact) mass is 263 g/mol. The summed E-state index contributed by atoms with van der Waals surface area (Å²) < 4.78 is 0. The zero-order valence-corrected chi connectivity index (χ0v) is 11.6. The minimum atomic E-state index is -0.646. The van der Waals surface area contributed by atoms with Crippen LogP contribution in [-0.2, 0) is 0 Å². The molecule has 0 bridgehead atoms. The topological polar surface area (TPSA) is 52.5 Å². The molecule has 3 heteroatoms. The van der Waals surface area contributed by atoms with E-state index in [9.17, 15) is 5.11 Å². The van der Waals surface area contributed by atoms with E-state index >= 15 is 0 Å². The normalized spacial score (nSPS) is 29.1. The number of nitrogens with one attached hydrogen (secondary N) is 1. The van der Waals surface area contributed by atoms with Gasteiger partial charge in [-0.2, -0.15) is 0 Å². The van der Waals surface area contributed by atoms with Crippen LogP contribution in [0.15, 0.2) is 30.3 Å². The lowest BCUT2D eigenvalue weighted by atomic mass is 9.76. The summed E-state index contributed by atoms with van der Waals surface area (Å²) in [6, 6.07) is 11.1. The summed E-state index contributed by atoms with van der Waals surface area (Å²) in [7, 11) is 0. The fourth-order valence-electron chi connectivity index (χ4n) is 3.13. The van der Waals surface area contributed by atoms with E-state index in [0.717, 1.165) is 12.8 Å². The van der Waals surface area contributed by atoms with Crippen LogP contribution in [0.1, 0.15) is 37.7 Å². The number of benzene rings is 1. The van der Waals surface area contributed by atoms with Crippen molar-refractivity contribution in [3.63, 3.8) is 0 Å². The lowest BCUT2D eigenvalue weighted by molar-refractivity contribution is 0.0886. The van der Waals surface area contributed by atoms with Crippen LogP contribution in [0.5, 0.6) is 0 Å². The summed E-state index contributed by atoms with van der Waals surface area (Å²) in [6.45, 7) is 2.61. The number of hydrogen-bond donors (Lipinski definition) is 3. The summed E-state index contributed by atoms with van der Waals surface area (Å²) in [4.78, 5) is 0. The molecule has 0 aliphatic heterocycles. The Kier molecular flexibility index (Phi) is 5.37. The molecule has 1 aromatic carbocycles. The molecule has 2 rings (SSSR count). The second-order valence-corrected chi connectivity index (χ2v) is 5.86. The molecule has 4 atom stereocenters. The highest BCUT2D eigenvalue weighted by molar-refractivity contribution is 5.20. The Hall–Kier alpha value is -0.900. The van der Waals surface area contributed by atoms with Crippen molar-refractivity contribution in [3.05, 3.63) is 35.9 Å². The standard InChI is InChI=1S/C16H25NO2/c1-12-7-14(13-5-3-2-4-6-13)9-15(8-12)17-10-16(19)11-18/h2-6,12,14-19H,7-11H2,1H3/t12-,14+,15-,16+/m0/s1. The van der Waals surface area contributed by atoms with Gasteiger partial charge in [0.15, 0.2) is 0 Å². The number of aliphatic hydroxyl groups is 2. The minimum Gasteiger partial charge on any atom is -0.394 e. The average Bonchev–Trinajstić information content (AvgIpc) is 2.45. The largest absolute Gasteiger partial charge is 0.394 e. The molecule has 0 radical (unpaired) electrons. The van der Waals surface area contributed by atoms with Gasteiger partial charge in [0.2, 0.25) is 0 Å². The van der Waals surface area contributed by atoms with Crippen molar-refractivity contribution in [1.82, 2.24) is 5.32 Å². The van der Waals surface area contributed by atoms with Crippen LogP contribution >= 0.6 is 0 Å². The Morgan fingerprint density at radius 3 is 2.63 bits per heavy atom. The third-order valence-corrected chi connectivity index (χ3v) is 4.07. The highest BCUT2D eigenvalue weighted by Gasteiger charge is 2.27. The van der Waals surface area contributed by atoms with Gasteiger partial charge in [-0.15, -0.1) is 0 Å². The Morgan fingerprint density at radius 2 is 1.95 bits per heavy atom. The molecule has 3 nitrogen and oxygen atoms in total. The first kappa shape index (κ1) is 14.5. The fraction of sp³-hybridized carbons (Fsp3) is 0.625. The van der Waals surface area contributed by atoms with Gasteiger partial charge >= 0.3 is 0 Å². The molecule has 0 unspecified atom stereocenters. The fourth-order valence-corrected chi connectivity index (χ4v) is 3.13. The van der Waals surface area contributed by atoms with E-state index in [0.29, 0.717) is 24.4 Å². The van der Waals surface area contributed by atoms with Crippen molar-refractivity contribution in [3.8, 4) is 0 Å². The first-order valence-corrected chi connectivity index (χ1v) is 7.26. The number of aliphatic hydroxyl groups excluding tert-OH is 2. The van der Waals surface area contributed by atoms with Crippen LogP contribution in [-0.4, -0.2) is 35.5 Å². The van der Waals surface area contributed by atoms with Crippen molar-refractivity contribution in [2.45, 2.75) is 44.2 Å². The van der Waals surface area contributed by atoms with Crippen molar-refractivity contribution >= 4 is 0 Å². The molecule has 1 fully saturated rings. The van der Waals surface area contributed by atoms with E-state index in [-0.39, 0.29) is 6.61 Å². The molecule has 1 aliphatic rings. The van der Waals surface area contributed by atoms with E-state index in [2.05, 4.69) is 42.6 Å². The molecular formula is C16H25NO2. The Balaban J connectivity index is 1.92. The van der Waals surface area contributed by atoms with Gasteiger partial charge in [0, 0.05) is 12.6 Å². The van der Waals surface area contributed by atoms with Crippen molar-refractivity contribution in [2.75, 3.05) is 13.2 Å². The van der Waals surface area contributed by atoms with Crippen LogP contribution in [0.3, 0.4) is 0 Å². The van der Waals surface area contributed by atoms with Gasteiger partial charge < -0.3 is 15.5 Å². The minimum absolute atomic E-state index is 0.169. The second kappa shape index (κ2) is 7.04. The maximum atomic E-state index is 9.42. The molecule has 0 spiro atoms. The highest BCUT2D eigenvalue weighted by atomic mass is 16.3. The van der Waals surface area contributed by atoms with Crippen molar-refractivity contribution in [2.24, 2.45) is 5.92 Å². The third kappa shape index (κ3) is 4.30. The summed E-state index contributed by atoms with van der Waals surface area (Å²) in [5.74, 6) is 1.30. The maximum absolute atomic E-state index is 9.42. The highest BCUT2D eigenvalue weighted by Crippen LogP contribution is 2.35. The van der Waals surface area contributed by atoms with E-state index in [1.807, 2.05) is 0 Å². The van der Waals surface area contributed by atoms with E-state index < -0.39 is 6.10 Å². The molecule has 0 amide bonds. The Morgan fingerprint density at radius 1 is 1.21 bits per heavy atom. The smallest absolute Gasteiger partial charge is 0.0895 e. The molecule has 0 aromatic heterocycles. The SMILES string of the molecule is C[C@@H]1C[C@H](NC[C@@H](O)CO)C[C@H](c2ccccc2)C1. The van der Waals surface area contributed by atoms with Gasteiger partial charge in [-0.3, -0.25) is 0 Å². The maximum Gasteiger partial charge on any atom is 0.0895 e. The Labute approximate surface area is 115 Å². The molecule has 106 valence electrons. The van der Waals surface area contributed by atoms with Crippen molar-refractivity contribution in [1.29, 1.82) is 0 Å². The molecule has 0 heterocycles. The summed E-state index contributed by atoms with van der Waals surface area (Å²) in [5, 5.41) is 21.7. The molecule has 0 saturated heterocycles. The Bertz CT molecular complexity index is 368. The van der Waals surface area contributed by atoms with Gasteiger partial charge in [-0.25, -0.2) is 0 Å². The van der Waals surface area contributed by atoms with Gasteiger partial charge in [0.25, 0.3) is 0 Å². The van der Waals surface area contributed by atoms with Crippen LogP contribution in [0.2, 0.25) is 0 Å². The van der Waals surface area contributed by atoms with Crippen LogP contribution in [0.25, 0.3) is 0 Å². The third-order valence-electron chi connectivity index (χ3n) is 4.07. The molecule has 3 N–H and O–H groups in total. The second-order valence-electron chi connectivity index (χ2n) is 5.86. The first-order chi connectivity index (χ1) is 9.19. The number of hydrogen-bond acceptors (Lipinski definition) is 3. The zero-order valence-electron chi connectivity index (χ0n) is 11.6. The van der Waals surface area contributed by atoms with Gasteiger partial charge in [-0.05, 0) is 36.7 Å². The van der Waals surface area contributed by atoms with Crippen LogP contribution in [0.4, 0.5) is 0 Å². The number of rotatable bonds is 5. The lowest BCUT2D eigenvalue weighted by Crippen LogP contribution is -2.41. The molecule has 1 aromatic rings. The predicted octanol–water partition coefficient (Wildman–Crippen LogP) is 1.90. The molecule has 19 heavy (non-hydrogen) atoms. The quantitative estimate of drug-likeness (QED) is 0.760. The molecule has 1 aliphatic carbocycles. The van der Waals surface area contributed by atoms with E-state index in [1.54, 1.807) is 0 Å². The van der Waals surface area contributed by atoms with Gasteiger partial charge in [0.1, 0.15) is 0 Å². The first-order valence-electron chi connectivity index (χ1n) is 7.26. The molecule has 1 saturated carbocycles. The molecular weight excluding hydrogens is 238 g/mol. The van der Waals surface area contributed by atoms with Gasteiger partial charge in [-0.1, -0.05) is 37.3 Å². The predicted molar refractivity (Wildman–Crippen MR) is 77.1 cm³/mol. The van der Waals surface area contributed by atoms with Crippen molar-refractivity contribution < 1.29 is 10.2 Å². The van der Waals surface area contributed by atoms with Crippen LogP contribution in [0, 0.1) is 5.92 Å². The summed E-state index contributed by atoms with van der Waals surface area (Å²) in [6.07, 6.45) is 2.87. The summed E-state index contributed by atoms with van der Waals surface area (Å²) in [5.41, 5.74) is 1.42. The lowest BCUT2D eigenvalue weighted by Gasteiger charge is -2.34. The van der Waals surface area contributed by atoms with E-state index in [1.165, 1.54) is 12.0 Å². The van der Waals surface area contributed by atoms with Gasteiger partial charge in [0.05, 0.1) is 12.7 Å². The summed E-state index contributed by atoms with van der Waals surface area (Å²) >= 11 is 0. The average molecular weight is 263 g/mol. The zero-order chi connectivity index (χ0) is 13.7. The van der Waals surface area contributed by atoms with Crippen LogP contribution < -0.4 is 5.32 Å².